The quantitative estimate of drug-likeness (QED) is 0.675. The van der Waals surface area contributed by atoms with Gasteiger partial charge in [-0.25, -0.2) is 9.78 Å². The highest BCUT2D eigenvalue weighted by Gasteiger charge is 2.31. The van der Waals surface area contributed by atoms with Crippen LogP contribution in [0.15, 0.2) is 48.5 Å². The number of rotatable bonds is 4. The zero-order valence-electron chi connectivity index (χ0n) is 14.6. The zero-order valence-corrected chi connectivity index (χ0v) is 14.6. The van der Waals surface area contributed by atoms with Gasteiger partial charge in [0, 0.05) is 19.5 Å². The third kappa shape index (κ3) is 3.04. The molecule has 0 unspecified atom stereocenters. The Balaban J connectivity index is 1.37. The number of nitrogens with one attached hydrogen (secondary N) is 2. The van der Waals surface area contributed by atoms with Crippen LogP contribution in [0.1, 0.15) is 23.0 Å². The molecule has 6 nitrogen and oxygen atoms in total. The summed E-state index contributed by atoms with van der Waals surface area (Å²) in [7, 11) is 0. The van der Waals surface area contributed by atoms with E-state index < -0.39 is 6.10 Å². The van der Waals surface area contributed by atoms with Crippen molar-refractivity contribution in [3.8, 4) is 0 Å². The number of aliphatic hydroxyl groups excluding tert-OH is 1. The average molecular weight is 350 g/mol. The number of aryl methyl sites for hydroxylation is 1. The number of carbonyl (C=O) groups is 1. The minimum atomic E-state index is -0.585. The maximum Gasteiger partial charge on any atom is 0.315 e. The van der Waals surface area contributed by atoms with E-state index in [4.69, 9.17) is 0 Å². The molecule has 0 aliphatic heterocycles. The Bertz CT molecular complexity index is 950. The molecule has 0 radical (unpaired) electrons. The van der Waals surface area contributed by atoms with Gasteiger partial charge in [-0.1, -0.05) is 36.4 Å². The first-order chi connectivity index (χ1) is 12.6. The Labute approximate surface area is 151 Å². The lowest BCUT2D eigenvalue weighted by molar-refractivity contribution is 0.142. The maximum absolute atomic E-state index is 12.3. The molecule has 0 spiro atoms. The average Bonchev–Trinajstić information content (AvgIpc) is 3.12. The zero-order chi connectivity index (χ0) is 18.1. The van der Waals surface area contributed by atoms with Gasteiger partial charge in [-0.15, -0.1) is 0 Å². The molecular formula is C20H22N4O2. The van der Waals surface area contributed by atoms with Gasteiger partial charge >= 0.3 is 6.03 Å². The third-order valence-corrected chi connectivity index (χ3v) is 4.96. The lowest BCUT2D eigenvalue weighted by Gasteiger charge is -2.18. The van der Waals surface area contributed by atoms with Crippen molar-refractivity contribution < 1.29 is 9.90 Å². The third-order valence-electron chi connectivity index (χ3n) is 4.96. The first-order valence-corrected chi connectivity index (χ1v) is 8.85. The van der Waals surface area contributed by atoms with Crippen LogP contribution in [-0.2, 0) is 13.0 Å². The summed E-state index contributed by atoms with van der Waals surface area (Å²) in [6.45, 7) is 3.09. The molecule has 2 amide bonds. The van der Waals surface area contributed by atoms with Crippen molar-refractivity contribution in [3.05, 3.63) is 65.5 Å². The molecular weight excluding hydrogens is 328 g/mol. The molecule has 3 aromatic rings. The molecule has 0 fully saturated rings. The van der Waals surface area contributed by atoms with Crippen molar-refractivity contribution in [2.24, 2.45) is 0 Å². The number of benzene rings is 2. The smallest absolute Gasteiger partial charge is 0.315 e. The number of aliphatic hydroxyl groups is 1. The summed E-state index contributed by atoms with van der Waals surface area (Å²) in [5.41, 5.74) is 4.10. The predicted molar refractivity (Wildman–Crippen MR) is 99.9 cm³/mol. The van der Waals surface area contributed by atoms with Crippen molar-refractivity contribution in [2.45, 2.75) is 32.0 Å². The van der Waals surface area contributed by atoms with E-state index in [0.717, 1.165) is 28.0 Å². The summed E-state index contributed by atoms with van der Waals surface area (Å²) in [4.78, 5) is 16.8. The number of hydrogen-bond acceptors (Lipinski definition) is 3. The second-order valence-electron chi connectivity index (χ2n) is 6.65. The maximum atomic E-state index is 12.3. The molecule has 26 heavy (non-hydrogen) atoms. The van der Waals surface area contributed by atoms with Gasteiger partial charge in [-0.3, -0.25) is 0 Å². The molecule has 1 heterocycles. The van der Waals surface area contributed by atoms with Crippen LogP contribution < -0.4 is 10.6 Å². The summed E-state index contributed by atoms with van der Waals surface area (Å²) in [5.74, 6) is 0.925. The Hall–Kier alpha value is -2.86. The van der Waals surface area contributed by atoms with Gasteiger partial charge in [0.25, 0.3) is 0 Å². The Morgan fingerprint density at radius 2 is 2.00 bits per heavy atom. The van der Waals surface area contributed by atoms with Gasteiger partial charge in [0.2, 0.25) is 0 Å². The summed E-state index contributed by atoms with van der Waals surface area (Å²) in [5, 5.41) is 16.0. The minimum absolute atomic E-state index is 0.271. The van der Waals surface area contributed by atoms with Crippen molar-refractivity contribution in [2.75, 3.05) is 6.54 Å². The van der Waals surface area contributed by atoms with E-state index in [0.29, 0.717) is 19.5 Å². The van der Waals surface area contributed by atoms with Crippen LogP contribution >= 0.6 is 0 Å². The number of imidazole rings is 1. The van der Waals surface area contributed by atoms with E-state index in [9.17, 15) is 9.90 Å². The number of hydrogen-bond donors (Lipinski definition) is 3. The van der Waals surface area contributed by atoms with Gasteiger partial charge < -0.3 is 20.3 Å². The predicted octanol–water partition coefficient (Wildman–Crippen LogP) is 2.30. The van der Waals surface area contributed by atoms with E-state index >= 15 is 0 Å². The van der Waals surface area contributed by atoms with Gasteiger partial charge in [-0.05, 0) is 30.2 Å². The van der Waals surface area contributed by atoms with E-state index in [1.54, 1.807) is 0 Å². The van der Waals surface area contributed by atoms with Crippen LogP contribution in [0, 0.1) is 6.92 Å². The fourth-order valence-electron chi connectivity index (χ4n) is 3.70. The van der Waals surface area contributed by atoms with Crippen LogP contribution in [0.3, 0.4) is 0 Å². The molecule has 0 saturated heterocycles. The first kappa shape index (κ1) is 16.6. The molecule has 2 aromatic carbocycles. The Morgan fingerprint density at radius 3 is 2.88 bits per heavy atom. The topological polar surface area (TPSA) is 79.2 Å². The summed E-state index contributed by atoms with van der Waals surface area (Å²) in [6, 6.07) is 15.2. The van der Waals surface area contributed by atoms with Gasteiger partial charge in [0.05, 0.1) is 23.2 Å². The number of urea groups is 1. The van der Waals surface area contributed by atoms with Crippen molar-refractivity contribution in [3.63, 3.8) is 0 Å². The summed E-state index contributed by atoms with van der Waals surface area (Å²) >= 11 is 0. The van der Waals surface area contributed by atoms with E-state index in [1.807, 2.05) is 55.5 Å². The molecule has 1 aliphatic rings. The molecule has 6 heteroatoms. The molecule has 1 aliphatic carbocycles. The second kappa shape index (κ2) is 6.80. The van der Waals surface area contributed by atoms with Crippen LogP contribution in [0.5, 0.6) is 0 Å². The van der Waals surface area contributed by atoms with Gasteiger partial charge in [0.1, 0.15) is 5.82 Å². The molecule has 0 bridgehead atoms. The van der Waals surface area contributed by atoms with Crippen molar-refractivity contribution >= 4 is 17.1 Å². The van der Waals surface area contributed by atoms with E-state index in [-0.39, 0.29) is 12.1 Å². The number of nitrogens with zero attached hydrogens (tertiary/aromatic N) is 2. The Morgan fingerprint density at radius 1 is 1.23 bits per heavy atom. The molecule has 2 atom stereocenters. The van der Waals surface area contributed by atoms with E-state index in [2.05, 4.69) is 20.2 Å². The van der Waals surface area contributed by atoms with Crippen molar-refractivity contribution in [1.29, 1.82) is 0 Å². The number of carbonyl (C=O) groups excluding carboxylic acids is 1. The highest BCUT2D eigenvalue weighted by atomic mass is 16.3. The lowest BCUT2D eigenvalue weighted by Crippen LogP contribution is -2.42. The molecule has 0 saturated carbocycles. The normalized spacial score (nSPS) is 18.7. The molecule has 3 N–H and O–H groups in total. The minimum Gasteiger partial charge on any atom is -0.390 e. The molecule has 4 rings (SSSR count). The van der Waals surface area contributed by atoms with Crippen LogP contribution in [-0.4, -0.2) is 33.3 Å². The van der Waals surface area contributed by atoms with Gasteiger partial charge in [0.15, 0.2) is 0 Å². The second-order valence-corrected chi connectivity index (χ2v) is 6.65. The standard InChI is InChI=1S/C20H22N4O2/c1-13-22-16-8-4-5-9-17(16)24(13)11-10-21-20(26)23-19-15-7-3-2-6-14(15)12-18(19)25/h2-9,18-19,25H,10-12H2,1H3,(H2,21,23,26)/t18-,19+/m0/s1. The monoisotopic (exact) mass is 350 g/mol. The fraction of sp³-hybridized carbons (Fsp3) is 0.300. The first-order valence-electron chi connectivity index (χ1n) is 8.85. The van der Waals surface area contributed by atoms with Crippen molar-refractivity contribution in [1.82, 2.24) is 20.2 Å². The van der Waals surface area contributed by atoms with E-state index in [1.165, 1.54) is 0 Å². The fourth-order valence-corrected chi connectivity index (χ4v) is 3.70. The van der Waals surface area contributed by atoms with Crippen LogP contribution in [0.25, 0.3) is 11.0 Å². The largest absolute Gasteiger partial charge is 0.390 e. The van der Waals surface area contributed by atoms with Crippen LogP contribution in [0.4, 0.5) is 4.79 Å². The highest BCUT2D eigenvalue weighted by molar-refractivity contribution is 5.76. The summed E-state index contributed by atoms with van der Waals surface area (Å²) in [6.07, 6.45) is -0.0144. The number of para-hydroxylation sites is 2. The SMILES string of the molecule is Cc1nc2ccccc2n1CCNC(=O)N[C@@H]1c2ccccc2C[C@@H]1O. The highest BCUT2D eigenvalue weighted by Crippen LogP contribution is 2.31. The lowest BCUT2D eigenvalue weighted by atomic mass is 10.1. The number of amides is 2. The molecule has 1 aromatic heterocycles. The number of aromatic nitrogens is 2. The van der Waals surface area contributed by atoms with Crippen LogP contribution in [0.2, 0.25) is 0 Å². The number of fused-ring (bicyclic) bond motifs is 2. The van der Waals surface area contributed by atoms with Gasteiger partial charge in [-0.2, -0.15) is 0 Å². The molecule has 134 valence electrons. The Kier molecular flexibility index (Phi) is 4.34. The summed E-state index contributed by atoms with van der Waals surface area (Å²) < 4.78 is 2.09.